The highest BCUT2D eigenvalue weighted by molar-refractivity contribution is 5.84. The van der Waals surface area contributed by atoms with Gasteiger partial charge in [0, 0.05) is 12.1 Å². The van der Waals surface area contributed by atoms with Gasteiger partial charge in [0.25, 0.3) is 0 Å². The fraction of sp³-hybridized carbons (Fsp3) is 0.500. The first-order valence-corrected chi connectivity index (χ1v) is 7.63. The molecule has 0 aromatic heterocycles. The lowest BCUT2D eigenvalue weighted by Gasteiger charge is -2.45. The number of ether oxygens (including phenoxy) is 2. The van der Waals surface area contributed by atoms with Crippen LogP contribution in [0.5, 0.6) is 0 Å². The Kier molecular flexibility index (Phi) is 4.49. The molecular formula is C16H20N2O5. The number of alkyl carbamates (subject to hydrolysis) is 1. The molecule has 0 radical (unpaired) electrons. The monoisotopic (exact) mass is 320 g/mol. The van der Waals surface area contributed by atoms with Crippen LogP contribution in [0.3, 0.4) is 0 Å². The Morgan fingerprint density at radius 2 is 1.91 bits per heavy atom. The third-order valence-electron chi connectivity index (χ3n) is 4.26. The summed E-state index contributed by atoms with van der Waals surface area (Å²) in [7, 11) is 0. The number of rotatable bonds is 4. The summed E-state index contributed by atoms with van der Waals surface area (Å²) in [4.78, 5) is 23.8. The maximum Gasteiger partial charge on any atom is 0.408 e. The van der Waals surface area contributed by atoms with Crippen LogP contribution in [0.15, 0.2) is 30.3 Å². The summed E-state index contributed by atoms with van der Waals surface area (Å²) in [6, 6.07) is 9.10. The number of amides is 1. The Hall–Kier alpha value is -2.12. The summed E-state index contributed by atoms with van der Waals surface area (Å²) >= 11 is 0. The Morgan fingerprint density at radius 3 is 2.52 bits per heavy atom. The van der Waals surface area contributed by atoms with Gasteiger partial charge in [-0.25, -0.2) is 9.59 Å². The Labute approximate surface area is 134 Å². The van der Waals surface area contributed by atoms with Crippen LogP contribution in [0.2, 0.25) is 0 Å². The number of carboxylic acid groups (broad SMARTS) is 1. The third kappa shape index (κ3) is 3.62. The minimum atomic E-state index is -1.31. The van der Waals surface area contributed by atoms with E-state index in [0.717, 1.165) is 5.56 Å². The van der Waals surface area contributed by atoms with Crippen LogP contribution in [0.25, 0.3) is 0 Å². The molecular weight excluding hydrogens is 300 g/mol. The van der Waals surface area contributed by atoms with Crippen LogP contribution in [0, 0.1) is 0 Å². The molecule has 2 heterocycles. The van der Waals surface area contributed by atoms with Gasteiger partial charge >= 0.3 is 12.1 Å². The van der Waals surface area contributed by atoms with E-state index in [1.54, 1.807) is 0 Å². The summed E-state index contributed by atoms with van der Waals surface area (Å²) in [6.45, 7) is 1.01. The van der Waals surface area contributed by atoms with Crippen molar-refractivity contribution in [3.05, 3.63) is 35.9 Å². The van der Waals surface area contributed by atoms with Crippen molar-refractivity contribution in [1.82, 2.24) is 10.6 Å². The minimum absolute atomic E-state index is 0.0759. The molecule has 7 nitrogen and oxygen atoms in total. The molecule has 2 bridgehead atoms. The lowest BCUT2D eigenvalue weighted by Crippen LogP contribution is -2.68. The van der Waals surface area contributed by atoms with Gasteiger partial charge in [-0.2, -0.15) is 0 Å². The Bertz CT molecular complexity index is 565. The van der Waals surface area contributed by atoms with Crippen molar-refractivity contribution in [3.63, 3.8) is 0 Å². The Morgan fingerprint density at radius 1 is 1.26 bits per heavy atom. The SMILES string of the molecule is O=C(NC1(C(=O)O)CC2COCC(C1)N2)OCc1ccccc1. The first-order chi connectivity index (χ1) is 11.1. The highest BCUT2D eigenvalue weighted by Crippen LogP contribution is 2.28. The first-order valence-electron chi connectivity index (χ1n) is 7.63. The minimum Gasteiger partial charge on any atom is -0.480 e. The van der Waals surface area contributed by atoms with E-state index in [4.69, 9.17) is 9.47 Å². The van der Waals surface area contributed by atoms with Crippen LogP contribution < -0.4 is 10.6 Å². The molecule has 1 aromatic rings. The normalized spacial score (nSPS) is 29.6. The van der Waals surface area contributed by atoms with E-state index in [2.05, 4.69) is 10.6 Å². The highest BCUT2D eigenvalue weighted by Gasteiger charge is 2.49. The smallest absolute Gasteiger partial charge is 0.408 e. The number of aliphatic carboxylic acids is 1. The second-order valence-corrected chi connectivity index (χ2v) is 6.08. The zero-order valence-corrected chi connectivity index (χ0v) is 12.7. The molecule has 2 aliphatic heterocycles. The number of piperidine rings is 1. The number of benzene rings is 1. The molecule has 0 aliphatic carbocycles. The van der Waals surface area contributed by atoms with E-state index in [-0.39, 0.29) is 31.5 Å². The lowest BCUT2D eigenvalue weighted by molar-refractivity contribution is -0.149. The largest absolute Gasteiger partial charge is 0.480 e. The summed E-state index contributed by atoms with van der Waals surface area (Å²) in [6.07, 6.45) is -0.157. The number of fused-ring (bicyclic) bond motifs is 2. The summed E-state index contributed by atoms with van der Waals surface area (Å²) < 4.78 is 10.6. The second-order valence-electron chi connectivity index (χ2n) is 6.08. The molecule has 2 atom stereocenters. The molecule has 2 unspecified atom stereocenters. The predicted octanol–water partition coefficient (Wildman–Crippen LogP) is 0.887. The molecule has 1 amide bonds. The van der Waals surface area contributed by atoms with Crippen LogP contribution in [-0.4, -0.2) is 48.0 Å². The maximum absolute atomic E-state index is 12.1. The number of hydrogen-bond donors (Lipinski definition) is 3. The van der Waals surface area contributed by atoms with Crippen molar-refractivity contribution in [3.8, 4) is 0 Å². The molecule has 3 rings (SSSR count). The van der Waals surface area contributed by atoms with Crippen molar-refractivity contribution < 1.29 is 24.2 Å². The van der Waals surface area contributed by atoms with Gasteiger partial charge in [0.1, 0.15) is 12.1 Å². The molecule has 7 heteroatoms. The molecule has 2 saturated heterocycles. The fourth-order valence-electron chi connectivity index (χ4n) is 3.23. The van der Waals surface area contributed by atoms with Gasteiger partial charge in [-0.1, -0.05) is 30.3 Å². The van der Waals surface area contributed by atoms with Gasteiger partial charge in [0.2, 0.25) is 0 Å². The maximum atomic E-state index is 12.1. The van der Waals surface area contributed by atoms with Crippen molar-refractivity contribution in [2.45, 2.75) is 37.1 Å². The van der Waals surface area contributed by atoms with E-state index < -0.39 is 17.6 Å². The topological polar surface area (TPSA) is 96.9 Å². The van der Waals surface area contributed by atoms with Crippen LogP contribution >= 0.6 is 0 Å². The van der Waals surface area contributed by atoms with Crippen LogP contribution in [0.4, 0.5) is 4.79 Å². The third-order valence-corrected chi connectivity index (χ3v) is 4.26. The second kappa shape index (κ2) is 6.55. The van der Waals surface area contributed by atoms with Crippen LogP contribution in [0.1, 0.15) is 18.4 Å². The molecule has 2 fully saturated rings. The van der Waals surface area contributed by atoms with Gasteiger partial charge in [-0.3, -0.25) is 0 Å². The van der Waals surface area contributed by atoms with E-state index in [0.29, 0.717) is 13.2 Å². The van der Waals surface area contributed by atoms with Crippen LogP contribution in [-0.2, 0) is 20.9 Å². The van der Waals surface area contributed by atoms with E-state index in [1.807, 2.05) is 30.3 Å². The standard InChI is InChI=1S/C16H20N2O5/c19-14(20)16(6-12-9-22-10-13(7-16)17-12)18-15(21)23-8-11-4-2-1-3-5-11/h1-5,12-13,17H,6-10H2,(H,18,21)(H,19,20). The van der Waals surface area contributed by atoms with E-state index in [1.165, 1.54) is 0 Å². The average molecular weight is 320 g/mol. The lowest BCUT2D eigenvalue weighted by atomic mass is 9.80. The Balaban J connectivity index is 1.63. The molecule has 0 spiro atoms. The molecule has 1 aromatic carbocycles. The number of hydrogen-bond acceptors (Lipinski definition) is 5. The van der Waals surface area contributed by atoms with E-state index in [9.17, 15) is 14.7 Å². The van der Waals surface area contributed by atoms with Crippen molar-refractivity contribution in [2.75, 3.05) is 13.2 Å². The number of carbonyl (C=O) groups is 2. The summed E-state index contributed by atoms with van der Waals surface area (Å²) in [5.74, 6) is -1.03. The van der Waals surface area contributed by atoms with Crippen molar-refractivity contribution in [1.29, 1.82) is 0 Å². The number of nitrogens with one attached hydrogen (secondary N) is 2. The van der Waals surface area contributed by atoms with Gasteiger partial charge in [-0.05, 0) is 18.4 Å². The van der Waals surface area contributed by atoms with Gasteiger partial charge < -0.3 is 25.2 Å². The molecule has 3 N–H and O–H groups in total. The average Bonchev–Trinajstić information content (AvgIpc) is 2.53. The number of carbonyl (C=O) groups excluding carboxylic acids is 1. The zero-order valence-electron chi connectivity index (χ0n) is 12.7. The molecule has 23 heavy (non-hydrogen) atoms. The fourth-order valence-corrected chi connectivity index (χ4v) is 3.23. The van der Waals surface area contributed by atoms with Gasteiger partial charge in [-0.15, -0.1) is 0 Å². The molecule has 124 valence electrons. The number of morpholine rings is 1. The van der Waals surface area contributed by atoms with Gasteiger partial charge in [0.15, 0.2) is 0 Å². The molecule has 0 saturated carbocycles. The predicted molar refractivity (Wildman–Crippen MR) is 80.9 cm³/mol. The van der Waals surface area contributed by atoms with Crippen molar-refractivity contribution in [2.24, 2.45) is 0 Å². The highest BCUT2D eigenvalue weighted by atomic mass is 16.5. The van der Waals surface area contributed by atoms with E-state index >= 15 is 0 Å². The summed E-state index contributed by atoms with van der Waals surface area (Å²) in [5, 5.41) is 15.5. The summed E-state index contributed by atoms with van der Waals surface area (Å²) in [5.41, 5.74) is -0.458. The number of carboxylic acids is 1. The van der Waals surface area contributed by atoms with Gasteiger partial charge in [0.05, 0.1) is 13.2 Å². The first kappa shape index (κ1) is 15.8. The quantitative estimate of drug-likeness (QED) is 0.762. The van der Waals surface area contributed by atoms with Crippen molar-refractivity contribution >= 4 is 12.1 Å². The molecule has 2 aliphatic rings. The zero-order chi connectivity index (χ0) is 16.3.